The van der Waals surface area contributed by atoms with Gasteiger partial charge in [-0.1, -0.05) is 64.8 Å². The van der Waals surface area contributed by atoms with Crippen molar-refractivity contribution in [3.8, 4) is 5.75 Å². The smallest absolute Gasteiger partial charge is 0.264 e. The van der Waals surface area contributed by atoms with Gasteiger partial charge in [-0.3, -0.25) is 14.9 Å². The molecule has 0 atom stereocenters. The molecule has 0 unspecified atom stereocenters. The molecule has 1 aliphatic heterocycles. The summed E-state index contributed by atoms with van der Waals surface area (Å²) in [4.78, 5) is 30.0. The summed E-state index contributed by atoms with van der Waals surface area (Å²) < 4.78 is 6.06. The average molecular weight is 571 g/mol. The Labute approximate surface area is 223 Å². The molecule has 0 saturated carbocycles. The Bertz CT molecular complexity index is 1330. The van der Waals surface area contributed by atoms with Crippen molar-refractivity contribution >= 4 is 97.5 Å². The fraction of sp³-hybridized carbons (Fsp3) is 0.0909. The lowest BCUT2D eigenvalue weighted by Crippen LogP contribution is -2.20. The molecule has 1 fully saturated rings. The molecule has 1 aliphatic rings. The number of thiazole rings is 1. The Hall–Kier alpha value is -2.14. The molecule has 0 spiro atoms. The van der Waals surface area contributed by atoms with Crippen LogP contribution in [0.5, 0.6) is 5.75 Å². The molecule has 3 aromatic rings. The van der Waals surface area contributed by atoms with Gasteiger partial charge in [-0.05, 0) is 42.0 Å². The number of ether oxygens (including phenoxy) is 1. The van der Waals surface area contributed by atoms with E-state index in [0.29, 0.717) is 47.2 Å². The number of benzene rings is 2. The number of aromatic nitrogens is 1. The molecule has 2 aromatic carbocycles. The van der Waals surface area contributed by atoms with Crippen LogP contribution in [0.1, 0.15) is 16.0 Å². The highest BCUT2D eigenvalue weighted by molar-refractivity contribution is 8.26. The Kier molecular flexibility index (Phi) is 8.13. The highest BCUT2D eigenvalue weighted by Gasteiger charge is 2.22. The number of halogens is 3. The van der Waals surface area contributed by atoms with Crippen molar-refractivity contribution in [2.24, 2.45) is 0 Å². The van der Waals surface area contributed by atoms with E-state index in [4.69, 9.17) is 51.8 Å². The zero-order valence-corrected chi connectivity index (χ0v) is 21.8. The van der Waals surface area contributed by atoms with Crippen LogP contribution in [0.4, 0.5) is 5.13 Å². The maximum atomic E-state index is 12.4. The van der Waals surface area contributed by atoms with E-state index < -0.39 is 0 Å². The number of amides is 2. The third-order valence-electron chi connectivity index (χ3n) is 4.42. The van der Waals surface area contributed by atoms with Crippen molar-refractivity contribution in [1.29, 1.82) is 0 Å². The minimum absolute atomic E-state index is 0.253. The Balaban J connectivity index is 1.37. The van der Waals surface area contributed by atoms with Gasteiger partial charge in [0.1, 0.15) is 10.1 Å². The number of hydrogen-bond acceptors (Lipinski definition) is 7. The van der Waals surface area contributed by atoms with Crippen molar-refractivity contribution in [3.05, 3.63) is 78.6 Å². The molecule has 4 rings (SSSR count). The number of anilines is 1. The second kappa shape index (κ2) is 11.1. The topological polar surface area (TPSA) is 80.3 Å². The molecule has 0 bridgehead atoms. The fourth-order valence-corrected chi connectivity index (χ4v) is 5.32. The summed E-state index contributed by atoms with van der Waals surface area (Å²) in [6.45, 7) is -0.253. The lowest BCUT2D eigenvalue weighted by atomic mass is 10.1. The highest BCUT2D eigenvalue weighted by atomic mass is 35.5. The molecule has 0 radical (unpaired) electrons. The van der Waals surface area contributed by atoms with Crippen molar-refractivity contribution < 1.29 is 14.3 Å². The minimum atomic E-state index is -0.377. The van der Waals surface area contributed by atoms with E-state index in [1.54, 1.807) is 42.6 Å². The predicted molar refractivity (Wildman–Crippen MR) is 143 cm³/mol. The number of hydrogen-bond donors (Lipinski definition) is 2. The molecule has 12 heteroatoms. The van der Waals surface area contributed by atoms with Crippen molar-refractivity contribution in [2.45, 2.75) is 6.42 Å². The zero-order chi connectivity index (χ0) is 24.2. The molecule has 6 nitrogen and oxygen atoms in total. The summed E-state index contributed by atoms with van der Waals surface area (Å²) in [5.41, 5.74) is 1.54. The average Bonchev–Trinajstić information content (AvgIpc) is 3.35. The van der Waals surface area contributed by atoms with E-state index >= 15 is 0 Å². The van der Waals surface area contributed by atoms with Gasteiger partial charge in [-0.2, -0.15) is 0 Å². The van der Waals surface area contributed by atoms with Crippen LogP contribution in [0.3, 0.4) is 0 Å². The number of thiocarbonyl (C=S) groups is 1. The van der Waals surface area contributed by atoms with Gasteiger partial charge in [0, 0.05) is 28.1 Å². The summed E-state index contributed by atoms with van der Waals surface area (Å²) in [6, 6.07) is 10.4. The first-order valence-electron chi connectivity index (χ1n) is 9.62. The molecular weight excluding hydrogens is 557 g/mol. The normalized spacial score (nSPS) is 14.4. The van der Waals surface area contributed by atoms with E-state index in [0.717, 1.165) is 22.2 Å². The zero-order valence-electron chi connectivity index (χ0n) is 17.1. The Morgan fingerprint density at radius 1 is 1.18 bits per heavy atom. The SMILES string of the molecule is O=C(COc1ccc(Cl)cc1/C=C1\SC(=S)NC1=O)Nc1ncc(Cc2ccc(Cl)c(Cl)c2)s1. The molecule has 2 N–H and O–H groups in total. The fourth-order valence-electron chi connectivity index (χ4n) is 2.92. The molecule has 2 amide bonds. The maximum absolute atomic E-state index is 12.4. The maximum Gasteiger partial charge on any atom is 0.264 e. The third kappa shape index (κ3) is 6.50. The van der Waals surface area contributed by atoms with Crippen molar-refractivity contribution in [1.82, 2.24) is 10.3 Å². The van der Waals surface area contributed by atoms with E-state index in [2.05, 4.69) is 15.6 Å². The van der Waals surface area contributed by atoms with Gasteiger partial charge in [0.15, 0.2) is 11.7 Å². The largest absolute Gasteiger partial charge is 0.483 e. The van der Waals surface area contributed by atoms with Crippen LogP contribution in [0.15, 0.2) is 47.5 Å². The second-order valence-corrected chi connectivity index (χ2v) is 11.0. The summed E-state index contributed by atoms with van der Waals surface area (Å²) in [5.74, 6) is -0.269. The van der Waals surface area contributed by atoms with Gasteiger partial charge < -0.3 is 10.1 Å². The third-order valence-corrected chi connectivity index (χ3v) is 7.47. The van der Waals surface area contributed by atoms with Crippen LogP contribution < -0.4 is 15.4 Å². The summed E-state index contributed by atoms with van der Waals surface area (Å²) in [5, 5.41) is 7.18. The van der Waals surface area contributed by atoms with Crippen LogP contribution in [-0.2, 0) is 16.0 Å². The van der Waals surface area contributed by atoms with Crippen LogP contribution in [0.2, 0.25) is 15.1 Å². The number of thioether (sulfide) groups is 1. The van der Waals surface area contributed by atoms with Gasteiger partial charge in [0.2, 0.25) is 0 Å². The minimum Gasteiger partial charge on any atom is -0.483 e. The summed E-state index contributed by atoms with van der Waals surface area (Å²) >= 11 is 25.6. The first-order valence-corrected chi connectivity index (χ1v) is 12.8. The van der Waals surface area contributed by atoms with E-state index in [9.17, 15) is 9.59 Å². The number of carbonyl (C=O) groups is 2. The first-order chi connectivity index (χ1) is 16.3. The van der Waals surface area contributed by atoms with Gasteiger partial charge in [0.05, 0.1) is 15.0 Å². The number of carbonyl (C=O) groups excluding carboxylic acids is 2. The standard InChI is InChI=1S/C22H14Cl3N3O3S3/c23-13-2-4-17(12(7-13)8-18-20(30)28-22(32)34-18)31-10-19(29)27-21-26-9-14(33-21)5-11-1-3-15(24)16(25)6-11/h1-4,6-9H,5,10H2,(H,26,27,29)(H,28,30,32)/b18-8-. The Morgan fingerprint density at radius 2 is 2.00 bits per heavy atom. The van der Waals surface area contributed by atoms with Crippen molar-refractivity contribution in [2.75, 3.05) is 11.9 Å². The summed E-state index contributed by atoms with van der Waals surface area (Å²) in [6.07, 6.45) is 3.93. The molecule has 1 saturated heterocycles. The molecule has 174 valence electrons. The number of nitrogens with one attached hydrogen (secondary N) is 2. The highest BCUT2D eigenvalue weighted by Crippen LogP contribution is 2.31. The van der Waals surface area contributed by atoms with Crippen LogP contribution >= 0.6 is 70.1 Å². The lowest BCUT2D eigenvalue weighted by molar-refractivity contribution is -0.118. The van der Waals surface area contributed by atoms with E-state index in [1.165, 1.54) is 11.3 Å². The van der Waals surface area contributed by atoms with Crippen LogP contribution in [0, 0.1) is 0 Å². The molecule has 0 aliphatic carbocycles. The van der Waals surface area contributed by atoms with E-state index in [1.807, 2.05) is 6.07 Å². The van der Waals surface area contributed by atoms with Crippen LogP contribution in [-0.4, -0.2) is 27.7 Å². The van der Waals surface area contributed by atoms with Gasteiger partial charge in [-0.15, -0.1) is 11.3 Å². The molecular formula is C22H14Cl3N3O3S3. The number of rotatable bonds is 7. The second-order valence-electron chi connectivity index (χ2n) is 6.93. The predicted octanol–water partition coefficient (Wildman–Crippen LogP) is 6.20. The van der Waals surface area contributed by atoms with Gasteiger partial charge in [0.25, 0.3) is 11.8 Å². The van der Waals surface area contributed by atoms with E-state index in [-0.39, 0.29) is 18.4 Å². The van der Waals surface area contributed by atoms with Crippen molar-refractivity contribution in [3.63, 3.8) is 0 Å². The molecule has 1 aromatic heterocycles. The number of nitrogens with zero attached hydrogens (tertiary/aromatic N) is 1. The monoisotopic (exact) mass is 569 g/mol. The lowest BCUT2D eigenvalue weighted by Gasteiger charge is -2.10. The summed E-state index contributed by atoms with van der Waals surface area (Å²) in [7, 11) is 0. The first kappa shape index (κ1) is 25.0. The van der Waals surface area contributed by atoms with Crippen LogP contribution in [0.25, 0.3) is 6.08 Å². The van der Waals surface area contributed by atoms with Gasteiger partial charge >= 0.3 is 0 Å². The van der Waals surface area contributed by atoms with Gasteiger partial charge in [-0.25, -0.2) is 4.98 Å². The molecule has 34 heavy (non-hydrogen) atoms. The Morgan fingerprint density at radius 3 is 2.74 bits per heavy atom. The quantitative estimate of drug-likeness (QED) is 0.260. The molecule has 2 heterocycles.